The number of rotatable bonds is 1. The minimum atomic E-state index is -0.258. The van der Waals surface area contributed by atoms with Crippen LogP contribution in [0.1, 0.15) is 5.56 Å². The van der Waals surface area contributed by atoms with Crippen molar-refractivity contribution in [2.75, 3.05) is 17.3 Å². The molecule has 2 aromatic carbocycles. The first-order valence-electron chi connectivity index (χ1n) is 7.07. The molecule has 0 saturated carbocycles. The van der Waals surface area contributed by atoms with Crippen LogP contribution < -0.4 is 15.7 Å². The fourth-order valence-corrected chi connectivity index (χ4v) is 3.00. The number of amidine groups is 1. The standard InChI is InChI=1S/C16H15ClN4O/c1-21-13-9-5-4-8-12(13)18-16-15(21)19-14(20-22-16)10-6-2-3-7-11(10)17/h2-9,15-16,18H,1H3,(H,19,20). The van der Waals surface area contributed by atoms with Gasteiger partial charge in [-0.05, 0) is 24.3 Å². The van der Waals surface area contributed by atoms with Crippen LogP contribution in [0.3, 0.4) is 0 Å². The Bertz CT molecular complexity index is 748. The second-order valence-electron chi connectivity index (χ2n) is 5.28. The molecule has 0 amide bonds. The number of hydrogen-bond acceptors (Lipinski definition) is 5. The normalized spacial score (nSPS) is 22.8. The van der Waals surface area contributed by atoms with Gasteiger partial charge in [0.05, 0.1) is 16.4 Å². The molecule has 2 heterocycles. The molecular weight excluding hydrogens is 300 g/mol. The van der Waals surface area contributed by atoms with E-state index in [9.17, 15) is 0 Å². The summed E-state index contributed by atoms with van der Waals surface area (Å²) in [5.74, 6) is 0.639. The fourth-order valence-electron chi connectivity index (χ4n) is 2.78. The number of nitrogens with zero attached hydrogens (tertiary/aromatic N) is 2. The van der Waals surface area contributed by atoms with Crippen molar-refractivity contribution in [3.8, 4) is 0 Å². The van der Waals surface area contributed by atoms with E-state index in [1.165, 1.54) is 0 Å². The molecule has 2 aromatic rings. The predicted molar refractivity (Wildman–Crippen MR) is 88.3 cm³/mol. The Kier molecular flexibility index (Phi) is 3.17. The molecule has 0 bridgehead atoms. The summed E-state index contributed by atoms with van der Waals surface area (Å²) in [5, 5.41) is 3.99. The van der Waals surface area contributed by atoms with Crippen molar-refractivity contribution < 1.29 is 4.84 Å². The first kappa shape index (κ1) is 13.4. The van der Waals surface area contributed by atoms with Crippen LogP contribution in [-0.4, -0.2) is 25.3 Å². The van der Waals surface area contributed by atoms with Gasteiger partial charge in [0.2, 0.25) is 0 Å². The third-order valence-electron chi connectivity index (χ3n) is 3.92. The van der Waals surface area contributed by atoms with Gasteiger partial charge in [0.15, 0.2) is 18.2 Å². The Morgan fingerprint density at radius 2 is 1.91 bits per heavy atom. The molecule has 2 unspecified atom stereocenters. The van der Waals surface area contributed by atoms with Crippen LogP contribution in [0.5, 0.6) is 0 Å². The van der Waals surface area contributed by atoms with Crippen molar-refractivity contribution in [1.29, 1.82) is 0 Å². The van der Waals surface area contributed by atoms with Crippen molar-refractivity contribution in [2.24, 2.45) is 4.99 Å². The van der Waals surface area contributed by atoms with E-state index < -0.39 is 0 Å². The van der Waals surface area contributed by atoms with Gasteiger partial charge in [-0.15, -0.1) is 0 Å². The first-order chi connectivity index (χ1) is 10.7. The van der Waals surface area contributed by atoms with Crippen molar-refractivity contribution in [3.63, 3.8) is 0 Å². The van der Waals surface area contributed by atoms with Gasteiger partial charge in [-0.25, -0.2) is 15.3 Å². The summed E-state index contributed by atoms with van der Waals surface area (Å²) in [7, 11) is 2.01. The topological polar surface area (TPSA) is 48.9 Å². The Hall–Kier alpha value is -2.24. The van der Waals surface area contributed by atoms with E-state index in [0.717, 1.165) is 16.9 Å². The monoisotopic (exact) mass is 314 g/mol. The lowest BCUT2D eigenvalue weighted by Crippen LogP contribution is -2.55. The molecule has 4 rings (SSSR count). The van der Waals surface area contributed by atoms with Crippen LogP contribution in [0.25, 0.3) is 0 Å². The lowest BCUT2D eigenvalue weighted by Gasteiger charge is -2.42. The fraction of sp³-hybridized carbons (Fsp3) is 0.188. The molecule has 6 heteroatoms. The van der Waals surface area contributed by atoms with Crippen LogP contribution in [0.15, 0.2) is 53.5 Å². The Balaban J connectivity index is 1.73. The maximum atomic E-state index is 6.24. The molecule has 2 atom stereocenters. The molecule has 0 spiro atoms. The number of nitrogens with one attached hydrogen (secondary N) is 2. The molecule has 0 aromatic heterocycles. The molecule has 2 N–H and O–H groups in total. The molecular formula is C16H15ClN4O. The van der Waals surface area contributed by atoms with Gasteiger partial charge in [0.25, 0.3) is 0 Å². The van der Waals surface area contributed by atoms with Crippen molar-refractivity contribution in [3.05, 3.63) is 59.1 Å². The molecule has 22 heavy (non-hydrogen) atoms. The molecule has 5 nitrogen and oxygen atoms in total. The highest BCUT2D eigenvalue weighted by molar-refractivity contribution is 6.34. The zero-order chi connectivity index (χ0) is 15.1. The van der Waals surface area contributed by atoms with Crippen molar-refractivity contribution >= 4 is 28.8 Å². The molecule has 2 aliphatic heterocycles. The summed E-state index contributed by atoms with van der Waals surface area (Å²) in [4.78, 5) is 12.6. The summed E-state index contributed by atoms with van der Waals surface area (Å²) >= 11 is 6.24. The molecule has 2 aliphatic rings. The van der Waals surface area contributed by atoms with E-state index in [4.69, 9.17) is 21.4 Å². The number of hydroxylamine groups is 1. The highest BCUT2D eigenvalue weighted by atomic mass is 35.5. The number of anilines is 2. The van der Waals surface area contributed by atoms with Crippen LogP contribution in [0, 0.1) is 0 Å². The summed E-state index contributed by atoms with van der Waals surface area (Å²) < 4.78 is 0. The third kappa shape index (κ3) is 2.10. The zero-order valence-electron chi connectivity index (χ0n) is 12.0. The number of likely N-dealkylation sites (N-methyl/N-ethyl adjacent to an activating group) is 1. The number of hydrogen-bond donors (Lipinski definition) is 2. The van der Waals surface area contributed by atoms with Crippen molar-refractivity contribution in [1.82, 2.24) is 5.48 Å². The summed E-state index contributed by atoms with van der Waals surface area (Å²) in [5.41, 5.74) is 5.86. The van der Waals surface area contributed by atoms with Gasteiger partial charge in [0, 0.05) is 12.6 Å². The summed E-state index contributed by atoms with van der Waals surface area (Å²) in [6.07, 6.45) is -0.423. The number of halogens is 1. The van der Waals surface area contributed by atoms with Gasteiger partial charge in [-0.3, -0.25) is 0 Å². The molecule has 112 valence electrons. The number of benzene rings is 2. The van der Waals surface area contributed by atoms with Gasteiger partial charge in [0.1, 0.15) is 0 Å². The van der Waals surface area contributed by atoms with E-state index in [1.807, 2.05) is 49.5 Å². The quantitative estimate of drug-likeness (QED) is 0.850. The average molecular weight is 315 g/mol. The maximum absolute atomic E-state index is 6.24. The molecule has 0 saturated heterocycles. The smallest absolute Gasteiger partial charge is 0.196 e. The van der Waals surface area contributed by atoms with E-state index in [0.29, 0.717) is 10.9 Å². The van der Waals surface area contributed by atoms with E-state index >= 15 is 0 Å². The zero-order valence-corrected chi connectivity index (χ0v) is 12.7. The van der Waals surface area contributed by atoms with Gasteiger partial charge >= 0.3 is 0 Å². The van der Waals surface area contributed by atoms with Crippen molar-refractivity contribution in [2.45, 2.75) is 12.4 Å². The first-order valence-corrected chi connectivity index (χ1v) is 7.44. The Morgan fingerprint density at radius 3 is 2.77 bits per heavy atom. The minimum Gasteiger partial charge on any atom is -0.353 e. The summed E-state index contributed by atoms with van der Waals surface area (Å²) in [6, 6.07) is 15.7. The second-order valence-corrected chi connectivity index (χ2v) is 5.69. The number of aliphatic imine (C=N–C) groups is 1. The van der Waals surface area contributed by atoms with Gasteiger partial charge in [-0.1, -0.05) is 35.9 Å². The Morgan fingerprint density at radius 1 is 1.14 bits per heavy atom. The van der Waals surface area contributed by atoms with Gasteiger partial charge in [-0.2, -0.15) is 0 Å². The molecule has 0 fully saturated rings. The SMILES string of the molecule is CN1c2ccccc2NC2ONC(c3ccccc3Cl)=NC21. The highest BCUT2D eigenvalue weighted by Crippen LogP contribution is 2.34. The number of para-hydroxylation sites is 2. The highest BCUT2D eigenvalue weighted by Gasteiger charge is 2.36. The van der Waals surface area contributed by atoms with Gasteiger partial charge < -0.3 is 10.2 Å². The molecule has 0 radical (unpaired) electrons. The van der Waals surface area contributed by atoms with E-state index in [-0.39, 0.29) is 12.4 Å². The van der Waals surface area contributed by atoms with Crippen LogP contribution in [0.2, 0.25) is 5.02 Å². The average Bonchev–Trinajstić information content (AvgIpc) is 2.55. The minimum absolute atomic E-state index is 0.164. The van der Waals surface area contributed by atoms with Crippen LogP contribution >= 0.6 is 11.6 Å². The van der Waals surface area contributed by atoms with Crippen LogP contribution in [0.4, 0.5) is 11.4 Å². The largest absolute Gasteiger partial charge is 0.353 e. The van der Waals surface area contributed by atoms with E-state index in [2.05, 4.69) is 21.8 Å². The van der Waals surface area contributed by atoms with Crippen LogP contribution in [-0.2, 0) is 4.84 Å². The Labute approximate surface area is 133 Å². The predicted octanol–water partition coefficient (Wildman–Crippen LogP) is 2.84. The lowest BCUT2D eigenvalue weighted by molar-refractivity contribution is 0.0000764. The lowest BCUT2D eigenvalue weighted by atomic mass is 10.1. The number of fused-ring (bicyclic) bond motifs is 2. The molecule has 0 aliphatic carbocycles. The maximum Gasteiger partial charge on any atom is 0.196 e. The second kappa shape index (κ2) is 5.19. The van der Waals surface area contributed by atoms with E-state index in [1.54, 1.807) is 0 Å². The third-order valence-corrected chi connectivity index (χ3v) is 4.25. The summed E-state index contributed by atoms with van der Waals surface area (Å²) in [6.45, 7) is 0.